The minimum atomic E-state index is -1.50. The molecule has 0 heterocycles. The van der Waals surface area contributed by atoms with Crippen LogP contribution in [0, 0.1) is 15.0 Å². The SMILES string of the molecule is CCOC(=O)C(N=O)c1ccccc1[N+](=O)[O-]. The summed E-state index contributed by atoms with van der Waals surface area (Å²) in [6.07, 6.45) is 0. The summed E-state index contributed by atoms with van der Waals surface area (Å²) >= 11 is 0. The Labute approximate surface area is 96.5 Å². The molecule has 0 aliphatic heterocycles. The largest absolute Gasteiger partial charge is 0.464 e. The summed E-state index contributed by atoms with van der Waals surface area (Å²) in [6, 6.07) is 3.93. The van der Waals surface area contributed by atoms with Crippen molar-refractivity contribution in [2.75, 3.05) is 6.61 Å². The molecule has 0 saturated heterocycles. The molecule has 0 fully saturated rings. The van der Waals surface area contributed by atoms with Gasteiger partial charge in [0.05, 0.1) is 17.1 Å². The third-order valence-electron chi connectivity index (χ3n) is 2.04. The van der Waals surface area contributed by atoms with E-state index in [1.165, 1.54) is 24.3 Å². The number of benzene rings is 1. The van der Waals surface area contributed by atoms with E-state index in [1.54, 1.807) is 6.92 Å². The number of esters is 1. The topological polar surface area (TPSA) is 98.9 Å². The number of ether oxygens (including phenoxy) is 1. The Morgan fingerprint density at radius 1 is 1.53 bits per heavy atom. The average Bonchev–Trinajstić information content (AvgIpc) is 2.31. The molecule has 1 unspecified atom stereocenters. The highest BCUT2D eigenvalue weighted by Gasteiger charge is 2.29. The maximum absolute atomic E-state index is 11.4. The molecule has 0 aromatic heterocycles. The van der Waals surface area contributed by atoms with Gasteiger partial charge >= 0.3 is 5.97 Å². The van der Waals surface area contributed by atoms with Gasteiger partial charge in [-0.05, 0) is 18.2 Å². The highest BCUT2D eigenvalue weighted by molar-refractivity contribution is 5.79. The van der Waals surface area contributed by atoms with Crippen molar-refractivity contribution in [2.24, 2.45) is 5.18 Å². The quantitative estimate of drug-likeness (QED) is 0.338. The van der Waals surface area contributed by atoms with E-state index < -0.39 is 16.9 Å². The molecule has 1 rings (SSSR count). The van der Waals surface area contributed by atoms with Gasteiger partial charge in [-0.15, -0.1) is 4.91 Å². The number of carbonyl (C=O) groups is 1. The van der Waals surface area contributed by atoms with Crippen LogP contribution < -0.4 is 0 Å². The molecule has 17 heavy (non-hydrogen) atoms. The summed E-state index contributed by atoms with van der Waals surface area (Å²) in [6.45, 7) is 1.64. The fraction of sp³-hybridized carbons (Fsp3) is 0.300. The molecule has 1 aromatic carbocycles. The number of hydrogen-bond acceptors (Lipinski definition) is 6. The molecule has 0 N–H and O–H groups in total. The van der Waals surface area contributed by atoms with Gasteiger partial charge in [-0.1, -0.05) is 12.1 Å². The molecular formula is C10H10N2O5. The Kier molecular flexibility index (Phi) is 4.27. The van der Waals surface area contributed by atoms with Crippen molar-refractivity contribution in [3.63, 3.8) is 0 Å². The summed E-state index contributed by atoms with van der Waals surface area (Å²) in [5, 5.41) is 13.3. The minimum absolute atomic E-state index is 0.0639. The molecule has 7 heteroatoms. The average molecular weight is 238 g/mol. The van der Waals surface area contributed by atoms with Crippen LogP contribution in [0.15, 0.2) is 29.4 Å². The molecule has 0 aliphatic carbocycles. The Bertz CT molecular complexity index is 446. The zero-order valence-corrected chi connectivity index (χ0v) is 9.03. The lowest BCUT2D eigenvalue weighted by molar-refractivity contribution is -0.385. The molecule has 7 nitrogen and oxygen atoms in total. The number of nitroso groups, excluding NO2 is 1. The van der Waals surface area contributed by atoms with E-state index in [0.717, 1.165) is 0 Å². The van der Waals surface area contributed by atoms with Crippen molar-refractivity contribution in [1.82, 2.24) is 0 Å². The van der Waals surface area contributed by atoms with Crippen molar-refractivity contribution < 1.29 is 14.5 Å². The fourth-order valence-electron chi connectivity index (χ4n) is 1.33. The van der Waals surface area contributed by atoms with Crippen molar-refractivity contribution in [1.29, 1.82) is 0 Å². The van der Waals surface area contributed by atoms with E-state index in [-0.39, 0.29) is 17.9 Å². The lowest BCUT2D eigenvalue weighted by Gasteiger charge is -2.08. The maximum atomic E-state index is 11.4. The Balaban J connectivity index is 3.16. The van der Waals surface area contributed by atoms with Gasteiger partial charge < -0.3 is 4.74 Å². The first kappa shape index (κ1) is 12.8. The van der Waals surface area contributed by atoms with Crippen LogP contribution in [-0.4, -0.2) is 17.5 Å². The normalized spacial score (nSPS) is 11.6. The van der Waals surface area contributed by atoms with Crippen LogP contribution in [-0.2, 0) is 9.53 Å². The van der Waals surface area contributed by atoms with Gasteiger partial charge in [-0.2, -0.15) is 0 Å². The summed E-state index contributed by atoms with van der Waals surface area (Å²) in [4.78, 5) is 32.1. The smallest absolute Gasteiger partial charge is 0.339 e. The van der Waals surface area contributed by atoms with E-state index in [4.69, 9.17) is 0 Å². The molecule has 0 saturated carbocycles. The van der Waals surface area contributed by atoms with Crippen LogP contribution >= 0.6 is 0 Å². The second-order valence-corrected chi connectivity index (χ2v) is 3.08. The molecule has 1 aromatic rings. The van der Waals surface area contributed by atoms with E-state index >= 15 is 0 Å². The Hall–Kier alpha value is -2.31. The van der Waals surface area contributed by atoms with Gasteiger partial charge in [0.15, 0.2) is 0 Å². The second kappa shape index (κ2) is 5.69. The first-order chi connectivity index (χ1) is 8.11. The summed E-state index contributed by atoms with van der Waals surface area (Å²) in [5.74, 6) is -0.892. The lowest BCUT2D eigenvalue weighted by Crippen LogP contribution is -2.15. The summed E-state index contributed by atoms with van der Waals surface area (Å²) < 4.78 is 4.63. The molecular weight excluding hydrogens is 228 g/mol. The van der Waals surface area contributed by atoms with Crippen LogP contribution in [0.4, 0.5) is 5.69 Å². The third-order valence-corrected chi connectivity index (χ3v) is 2.04. The first-order valence-electron chi connectivity index (χ1n) is 4.84. The standard InChI is InChI=1S/C10H10N2O5/c1-2-17-10(13)9(11-14)7-5-3-4-6-8(7)12(15)16/h3-6,9H,2H2,1H3. The van der Waals surface area contributed by atoms with Crippen LogP contribution in [0.1, 0.15) is 18.5 Å². The zero-order valence-electron chi connectivity index (χ0n) is 9.03. The van der Waals surface area contributed by atoms with Gasteiger partial charge in [0.1, 0.15) is 0 Å². The molecule has 0 bridgehead atoms. The number of rotatable bonds is 5. The number of para-hydroxylation sites is 1. The monoisotopic (exact) mass is 238 g/mol. The highest BCUT2D eigenvalue weighted by atomic mass is 16.6. The second-order valence-electron chi connectivity index (χ2n) is 3.08. The Morgan fingerprint density at radius 2 is 2.18 bits per heavy atom. The molecule has 90 valence electrons. The van der Waals surface area contributed by atoms with Gasteiger partial charge in [0, 0.05) is 6.07 Å². The molecule has 1 atom stereocenters. The Morgan fingerprint density at radius 3 is 2.71 bits per heavy atom. The lowest BCUT2D eigenvalue weighted by atomic mass is 10.1. The summed E-state index contributed by atoms with van der Waals surface area (Å²) in [7, 11) is 0. The van der Waals surface area contributed by atoms with E-state index in [0.29, 0.717) is 0 Å². The van der Waals surface area contributed by atoms with Gasteiger partial charge in [0.2, 0.25) is 6.04 Å². The van der Waals surface area contributed by atoms with Crippen LogP contribution in [0.25, 0.3) is 0 Å². The number of nitro benzene ring substituents is 1. The highest BCUT2D eigenvalue weighted by Crippen LogP contribution is 2.28. The van der Waals surface area contributed by atoms with Gasteiger partial charge in [0.25, 0.3) is 5.69 Å². The molecule has 0 amide bonds. The predicted octanol–water partition coefficient (Wildman–Crippen LogP) is 1.97. The van der Waals surface area contributed by atoms with Crippen LogP contribution in [0.2, 0.25) is 0 Å². The number of hydrogen-bond donors (Lipinski definition) is 0. The molecule has 0 aliphatic rings. The first-order valence-corrected chi connectivity index (χ1v) is 4.84. The van der Waals surface area contributed by atoms with Crippen molar-refractivity contribution in [3.8, 4) is 0 Å². The van der Waals surface area contributed by atoms with E-state index in [2.05, 4.69) is 9.91 Å². The predicted molar refractivity (Wildman–Crippen MR) is 58.3 cm³/mol. The number of nitrogens with zero attached hydrogens (tertiary/aromatic N) is 2. The molecule has 0 radical (unpaired) electrons. The molecule has 0 spiro atoms. The minimum Gasteiger partial charge on any atom is -0.464 e. The number of nitro groups is 1. The van der Waals surface area contributed by atoms with Gasteiger partial charge in [-0.25, -0.2) is 4.79 Å². The van der Waals surface area contributed by atoms with Crippen molar-refractivity contribution in [3.05, 3.63) is 44.9 Å². The van der Waals surface area contributed by atoms with Crippen molar-refractivity contribution >= 4 is 11.7 Å². The van der Waals surface area contributed by atoms with Crippen LogP contribution in [0.5, 0.6) is 0 Å². The van der Waals surface area contributed by atoms with E-state index in [1.807, 2.05) is 0 Å². The fourth-order valence-corrected chi connectivity index (χ4v) is 1.33. The third kappa shape index (κ3) is 2.83. The van der Waals surface area contributed by atoms with Crippen LogP contribution in [0.3, 0.4) is 0 Å². The zero-order chi connectivity index (χ0) is 12.8. The summed E-state index contributed by atoms with van der Waals surface area (Å²) in [5.41, 5.74) is -0.392. The van der Waals surface area contributed by atoms with Crippen molar-refractivity contribution in [2.45, 2.75) is 13.0 Å². The van der Waals surface area contributed by atoms with E-state index in [9.17, 15) is 19.8 Å². The number of carbonyl (C=O) groups excluding carboxylic acids is 1. The van der Waals surface area contributed by atoms with Gasteiger partial charge in [-0.3, -0.25) is 10.1 Å². The maximum Gasteiger partial charge on any atom is 0.339 e.